The number of nitrogens with one attached hydrogen (secondary N) is 2. The van der Waals surface area contributed by atoms with Gasteiger partial charge in [0.05, 0.1) is 18.3 Å². The molecule has 0 spiro atoms. The molecule has 0 saturated carbocycles. The lowest BCUT2D eigenvalue weighted by Gasteiger charge is -2.06. The van der Waals surface area contributed by atoms with E-state index in [1.807, 2.05) is 13.1 Å². The molecule has 0 unspecified atom stereocenters. The first-order chi connectivity index (χ1) is 9.90. The van der Waals surface area contributed by atoms with Gasteiger partial charge in [0, 0.05) is 18.4 Å². The van der Waals surface area contributed by atoms with Crippen LogP contribution in [0.4, 0.5) is 0 Å². The number of aromatic amines is 1. The summed E-state index contributed by atoms with van der Waals surface area (Å²) in [5.74, 6) is -1.35. The van der Waals surface area contributed by atoms with Crippen molar-refractivity contribution in [3.8, 4) is 0 Å². The van der Waals surface area contributed by atoms with Gasteiger partial charge in [-0.2, -0.15) is 5.10 Å². The number of carboxylic acids is 1. The summed E-state index contributed by atoms with van der Waals surface area (Å²) in [6.45, 7) is 6.24. The smallest absolute Gasteiger partial charge is 0.352 e. The monoisotopic (exact) mass is 290 g/mol. The summed E-state index contributed by atoms with van der Waals surface area (Å²) in [4.78, 5) is 25.9. The van der Waals surface area contributed by atoms with Gasteiger partial charge in [-0.05, 0) is 31.9 Å². The molecule has 0 aromatic carbocycles. The predicted octanol–water partition coefficient (Wildman–Crippen LogP) is 1.26. The van der Waals surface area contributed by atoms with Crippen molar-refractivity contribution in [2.45, 2.75) is 27.3 Å². The number of hydrogen-bond acceptors (Lipinski definition) is 3. The molecule has 0 fully saturated rings. The van der Waals surface area contributed by atoms with Crippen molar-refractivity contribution >= 4 is 11.9 Å². The van der Waals surface area contributed by atoms with E-state index in [9.17, 15) is 9.59 Å². The van der Waals surface area contributed by atoms with Gasteiger partial charge in [-0.15, -0.1) is 0 Å². The highest BCUT2D eigenvalue weighted by molar-refractivity contribution is 6.00. The predicted molar refractivity (Wildman–Crippen MR) is 76.5 cm³/mol. The van der Waals surface area contributed by atoms with Crippen molar-refractivity contribution in [2.75, 3.05) is 6.54 Å². The Labute approximate surface area is 122 Å². The highest BCUT2D eigenvalue weighted by Crippen LogP contribution is 2.17. The van der Waals surface area contributed by atoms with Gasteiger partial charge in [-0.25, -0.2) is 4.79 Å². The molecule has 21 heavy (non-hydrogen) atoms. The summed E-state index contributed by atoms with van der Waals surface area (Å²) < 4.78 is 1.75. The molecule has 0 aliphatic rings. The van der Waals surface area contributed by atoms with Crippen LogP contribution >= 0.6 is 0 Å². The Bertz CT molecular complexity index is 684. The molecule has 7 heteroatoms. The Kier molecular flexibility index (Phi) is 4.11. The fourth-order valence-corrected chi connectivity index (χ4v) is 2.27. The number of aryl methyl sites for hydroxylation is 2. The van der Waals surface area contributed by atoms with E-state index in [1.165, 1.54) is 0 Å². The molecule has 0 bridgehead atoms. The second-order valence-electron chi connectivity index (χ2n) is 4.97. The quantitative estimate of drug-likeness (QED) is 0.772. The summed E-state index contributed by atoms with van der Waals surface area (Å²) in [6, 6.07) is 0. The van der Waals surface area contributed by atoms with Crippen LogP contribution in [0.1, 0.15) is 37.7 Å². The van der Waals surface area contributed by atoms with Crippen molar-refractivity contribution in [1.82, 2.24) is 20.1 Å². The number of amides is 1. The average Bonchev–Trinajstić information content (AvgIpc) is 2.93. The minimum Gasteiger partial charge on any atom is -0.477 e. The fourth-order valence-electron chi connectivity index (χ4n) is 2.27. The third-order valence-electron chi connectivity index (χ3n) is 3.27. The van der Waals surface area contributed by atoms with Crippen molar-refractivity contribution in [3.05, 3.63) is 40.5 Å². The van der Waals surface area contributed by atoms with Crippen molar-refractivity contribution in [3.63, 3.8) is 0 Å². The maximum Gasteiger partial charge on any atom is 0.352 e. The largest absolute Gasteiger partial charge is 0.477 e. The van der Waals surface area contributed by atoms with Crippen LogP contribution in [0.5, 0.6) is 0 Å². The molecule has 2 aromatic rings. The average molecular weight is 290 g/mol. The van der Waals surface area contributed by atoms with Crippen LogP contribution in [-0.2, 0) is 6.54 Å². The summed E-state index contributed by atoms with van der Waals surface area (Å²) in [5, 5.41) is 15.9. The summed E-state index contributed by atoms with van der Waals surface area (Å²) >= 11 is 0. The molecular weight excluding hydrogens is 272 g/mol. The molecule has 2 heterocycles. The molecule has 0 radical (unpaired) electrons. The van der Waals surface area contributed by atoms with Gasteiger partial charge < -0.3 is 15.4 Å². The van der Waals surface area contributed by atoms with Crippen LogP contribution in [0.2, 0.25) is 0 Å². The molecule has 3 N–H and O–H groups in total. The number of rotatable bonds is 5. The van der Waals surface area contributed by atoms with Crippen molar-refractivity contribution in [2.24, 2.45) is 0 Å². The Morgan fingerprint density at radius 3 is 2.62 bits per heavy atom. The summed E-state index contributed by atoms with van der Waals surface area (Å²) in [7, 11) is 0. The first kappa shape index (κ1) is 14.8. The zero-order valence-corrected chi connectivity index (χ0v) is 12.2. The molecule has 0 saturated heterocycles. The minimum atomic E-state index is -1.07. The lowest BCUT2D eigenvalue weighted by atomic mass is 10.1. The minimum absolute atomic E-state index is 0.0559. The molecule has 0 atom stereocenters. The lowest BCUT2D eigenvalue weighted by molar-refractivity contribution is 0.0690. The van der Waals surface area contributed by atoms with E-state index in [0.29, 0.717) is 29.9 Å². The van der Waals surface area contributed by atoms with Gasteiger partial charge in [0.25, 0.3) is 5.91 Å². The van der Waals surface area contributed by atoms with E-state index in [1.54, 1.807) is 24.7 Å². The van der Waals surface area contributed by atoms with Crippen molar-refractivity contribution in [1.29, 1.82) is 0 Å². The Hall–Kier alpha value is -2.57. The third kappa shape index (κ3) is 3.13. The topological polar surface area (TPSA) is 100 Å². The van der Waals surface area contributed by atoms with Gasteiger partial charge in [0.2, 0.25) is 0 Å². The normalized spacial score (nSPS) is 10.6. The Morgan fingerprint density at radius 2 is 2.10 bits per heavy atom. The van der Waals surface area contributed by atoms with E-state index < -0.39 is 5.97 Å². The van der Waals surface area contributed by atoms with Crippen LogP contribution in [0.3, 0.4) is 0 Å². The van der Waals surface area contributed by atoms with Gasteiger partial charge >= 0.3 is 5.97 Å². The summed E-state index contributed by atoms with van der Waals surface area (Å²) in [6.07, 6.45) is 3.64. The van der Waals surface area contributed by atoms with Crippen molar-refractivity contribution < 1.29 is 14.7 Å². The third-order valence-corrected chi connectivity index (χ3v) is 3.27. The lowest BCUT2D eigenvalue weighted by Crippen LogP contribution is -2.28. The number of carbonyl (C=O) groups excluding carboxylic acids is 1. The fraction of sp³-hybridized carbons (Fsp3) is 0.357. The standard InChI is InChI=1S/C14H18N4O3/c1-8-6-16-18(7-8)5-4-15-13(19)11-9(2)12(14(20)21)17-10(11)3/h6-7,17H,4-5H2,1-3H3,(H,15,19)(H,20,21). The molecule has 0 aliphatic carbocycles. The van der Waals surface area contributed by atoms with E-state index in [2.05, 4.69) is 15.4 Å². The Morgan fingerprint density at radius 1 is 1.38 bits per heavy atom. The first-order valence-corrected chi connectivity index (χ1v) is 6.60. The number of H-pyrrole nitrogens is 1. The van der Waals surface area contributed by atoms with Crippen LogP contribution in [0.25, 0.3) is 0 Å². The van der Waals surface area contributed by atoms with Crippen LogP contribution < -0.4 is 5.32 Å². The molecular formula is C14H18N4O3. The van der Waals surface area contributed by atoms with E-state index in [4.69, 9.17) is 5.11 Å². The summed E-state index contributed by atoms with van der Waals surface area (Å²) in [5.41, 5.74) is 2.51. The molecule has 7 nitrogen and oxygen atoms in total. The second kappa shape index (κ2) is 5.82. The molecule has 2 rings (SSSR count). The van der Waals surface area contributed by atoms with Gasteiger partial charge in [0.1, 0.15) is 5.69 Å². The van der Waals surface area contributed by atoms with E-state index >= 15 is 0 Å². The molecule has 1 amide bonds. The number of carbonyl (C=O) groups is 2. The highest BCUT2D eigenvalue weighted by Gasteiger charge is 2.21. The number of hydrogen-bond donors (Lipinski definition) is 3. The molecule has 2 aromatic heterocycles. The number of nitrogens with zero attached hydrogens (tertiary/aromatic N) is 2. The van der Waals surface area contributed by atoms with Gasteiger partial charge in [-0.3, -0.25) is 9.48 Å². The Balaban J connectivity index is 2.02. The molecule has 0 aliphatic heterocycles. The second-order valence-corrected chi connectivity index (χ2v) is 4.97. The zero-order valence-electron chi connectivity index (χ0n) is 12.2. The van der Waals surface area contributed by atoms with Crippen LogP contribution in [0.15, 0.2) is 12.4 Å². The highest BCUT2D eigenvalue weighted by atomic mass is 16.4. The maximum atomic E-state index is 12.2. The number of aromatic nitrogens is 3. The number of aromatic carboxylic acids is 1. The van der Waals surface area contributed by atoms with Gasteiger partial charge in [0.15, 0.2) is 0 Å². The van der Waals surface area contributed by atoms with Gasteiger partial charge in [-0.1, -0.05) is 0 Å². The van der Waals surface area contributed by atoms with E-state index in [0.717, 1.165) is 5.56 Å². The maximum absolute atomic E-state index is 12.2. The van der Waals surface area contributed by atoms with Crippen LogP contribution in [0, 0.1) is 20.8 Å². The zero-order chi connectivity index (χ0) is 15.6. The SMILES string of the molecule is Cc1cnn(CCNC(=O)c2c(C)[nH]c(C(=O)O)c2C)c1. The van der Waals surface area contributed by atoms with E-state index in [-0.39, 0.29) is 11.6 Å². The number of carboxylic acid groups (broad SMARTS) is 1. The van der Waals surface area contributed by atoms with Crippen LogP contribution in [-0.4, -0.2) is 38.3 Å². The first-order valence-electron chi connectivity index (χ1n) is 6.60. The molecule has 112 valence electrons.